The lowest BCUT2D eigenvalue weighted by Crippen LogP contribution is -2.40. The minimum Gasteiger partial charge on any atom is -0.387 e. The zero-order valence-corrected chi connectivity index (χ0v) is 13.4. The third-order valence-electron chi connectivity index (χ3n) is 4.35. The van der Waals surface area contributed by atoms with Gasteiger partial charge in [-0.25, -0.2) is 15.0 Å². The van der Waals surface area contributed by atoms with E-state index in [-0.39, 0.29) is 5.82 Å². The van der Waals surface area contributed by atoms with Crippen LogP contribution in [-0.4, -0.2) is 72.6 Å². The third kappa shape index (κ3) is 2.76. The van der Waals surface area contributed by atoms with Crippen molar-refractivity contribution in [1.82, 2.24) is 24.4 Å². The zero-order valence-electron chi connectivity index (χ0n) is 13.4. The summed E-state index contributed by atoms with van der Waals surface area (Å²) in [5, 5.41) is 20.7. The molecule has 0 aliphatic carbocycles. The second-order valence-electron chi connectivity index (χ2n) is 6.16. The molecular weight excluding hydrogens is 300 g/mol. The maximum Gasteiger partial charge on any atom is 0.167 e. The van der Waals surface area contributed by atoms with Crippen LogP contribution in [0, 0.1) is 0 Å². The Kier molecular flexibility index (Phi) is 4.19. The number of aliphatic hydroxyl groups excluding tert-OH is 2. The van der Waals surface area contributed by atoms with Crippen molar-refractivity contribution in [3.8, 4) is 0 Å². The van der Waals surface area contributed by atoms with E-state index in [0.29, 0.717) is 23.8 Å². The van der Waals surface area contributed by atoms with Crippen molar-refractivity contribution in [3.63, 3.8) is 0 Å². The second-order valence-corrected chi connectivity index (χ2v) is 6.16. The number of rotatable bonds is 4. The lowest BCUT2D eigenvalue weighted by Gasteiger charge is -2.25. The first-order valence-electron chi connectivity index (χ1n) is 7.55. The number of nitrogens with zero attached hydrogens (tertiary/aromatic N) is 5. The third-order valence-corrected chi connectivity index (χ3v) is 4.35. The molecule has 1 aliphatic heterocycles. The zero-order chi connectivity index (χ0) is 16.7. The summed E-state index contributed by atoms with van der Waals surface area (Å²) in [4.78, 5) is 14.2. The second kappa shape index (κ2) is 6.00. The van der Waals surface area contributed by atoms with E-state index in [9.17, 15) is 10.2 Å². The van der Waals surface area contributed by atoms with E-state index in [1.54, 1.807) is 4.57 Å². The van der Waals surface area contributed by atoms with Gasteiger partial charge in [0.25, 0.3) is 0 Å². The summed E-state index contributed by atoms with van der Waals surface area (Å²) in [7, 11) is 1.95. The molecule has 2 aromatic rings. The molecular formula is C14H22N6O3. The van der Waals surface area contributed by atoms with Gasteiger partial charge in [-0.15, -0.1) is 0 Å². The minimum absolute atomic E-state index is 0.262. The van der Waals surface area contributed by atoms with E-state index < -0.39 is 24.5 Å². The molecule has 4 N–H and O–H groups in total. The van der Waals surface area contributed by atoms with Crippen LogP contribution >= 0.6 is 0 Å². The molecule has 1 fully saturated rings. The number of nitrogens with two attached hydrogens (primary N) is 1. The highest BCUT2D eigenvalue weighted by molar-refractivity contribution is 5.81. The Hall–Kier alpha value is -1.81. The maximum atomic E-state index is 10.4. The van der Waals surface area contributed by atoms with E-state index in [0.717, 1.165) is 0 Å². The average Bonchev–Trinajstić information content (AvgIpc) is 3.05. The first kappa shape index (κ1) is 16.1. The highest BCUT2D eigenvalue weighted by Gasteiger charge is 2.44. The SMILES string of the molecule is CC(C)N(C)CC1OC(n2cnc3c(N)ncnc32)C(O)C1O. The minimum atomic E-state index is -1.07. The molecule has 0 radical (unpaired) electrons. The smallest absolute Gasteiger partial charge is 0.167 e. The summed E-state index contributed by atoms with van der Waals surface area (Å²) < 4.78 is 7.46. The number of hydrogen-bond acceptors (Lipinski definition) is 8. The van der Waals surface area contributed by atoms with E-state index in [1.807, 2.05) is 7.05 Å². The summed E-state index contributed by atoms with van der Waals surface area (Å²) in [6, 6.07) is 0.309. The Balaban J connectivity index is 1.87. The van der Waals surface area contributed by atoms with Crippen LogP contribution in [0.4, 0.5) is 5.82 Å². The normalized spacial score (nSPS) is 28.3. The maximum absolute atomic E-state index is 10.4. The Morgan fingerprint density at radius 3 is 2.74 bits per heavy atom. The number of ether oxygens (including phenoxy) is 1. The summed E-state index contributed by atoms with van der Waals surface area (Å²) in [6.07, 6.45) is -0.511. The number of hydrogen-bond donors (Lipinski definition) is 3. The molecule has 4 unspecified atom stereocenters. The van der Waals surface area contributed by atoms with Crippen molar-refractivity contribution in [2.24, 2.45) is 0 Å². The van der Waals surface area contributed by atoms with Crippen molar-refractivity contribution in [2.45, 2.75) is 44.4 Å². The highest BCUT2D eigenvalue weighted by Crippen LogP contribution is 2.32. The summed E-state index contributed by atoms with van der Waals surface area (Å²) in [5.41, 5.74) is 6.68. The monoisotopic (exact) mass is 322 g/mol. The molecule has 9 nitrogen and oxygen atoms in total. The van der Waals surface area contributed by atoms with Gasteiger partial charge in [-0.3, -0.25) is 4.57 Å². The highest BCUT2D eigenvalue weighted by atomic mass is 16.6. The fraction of sp³-hybridized carbons (Fsp3) is 0.643. The first-order chi connectivity index (χ1) is 10.9. The predicted molar refractivity (Wildman–Crippen MR) is 83.4 cm³/mol. The Morgan fingerprint density at radius 2 is 2.04 bits per heavy atom. The van der Waals surface area contributed by atoms with Gasteiger partial charge in [0.15, 0.2) is 17.7 Å². The predicted octanol–water partition coefficient (Wildman–Crippen LogP) is -0.632. The lowest BCUT2D eigenvalue weighted by molar-refractivity contribution is -0.0442. The molecule has 0 aromatic carbocycles. The molecule has 0 spiro atoms. The van der Waals surface area contributed by atoms with Crippen LogP contribution in [0.5, 0.6) is 0 Å². The number of fused-ring (bicyclic) bond motifs is 1. The van der Waals surface area contributed by atoms with Crippen LogP contribution in [0.25, 0.3) is 11.2 Å². The molecule has 1 aliphatic rings. The lowest BCUT2D eigenvalue weighted by atomic mass is 10.1. The molecule has 126 valence electrons. The number of imidazole rings is 1. The van der Waals surface area contributed by atoms with Crippen molar-refractivity contribution >= 4 is 17.0 Å². The number of aliphatic hydroxyl groups is 2. The Bertz CT molecular complexity index is 690. The van der Waals surface area contributed by atoms with E-state index in [1.165, 1.54) is 12.7 Å². The number of anilines is 1. The quantitative estimate of drug-likeness (QED) is 0.680. The van der Waals surface area contributed by atoms with Gasteiger partial charge in [-0.1, -0.05) is 0 Å². The number of likely N-dealkylation sites (N-methyl/N-ethyl adjacent to an activating group) is 1. The van der Waals surface area contributed by atoms with Crippen LogP contribution in [-0.2, 0) is 4.74 Å². The van der Waals surface area contributed by atoms with Gasteiger partial charge < -0.3 is 25.6 Å². The van der Waals surface area contributed by atoms with Crippen LogP contribution in [0.3, 0.4) is 0 Å². The van der Waals surface area contributed by atoms with Gasteiger partial charge >= 0.3 is 0 Å². The Morgan fingerprint density at radius 1 is 1.30 bits per heavy atom. The topological polar surface area (TPSA) is 123 Å². The van der Waals surface area contributed by atoms with Crippen LogP contribution < -0.4 is 5.73 Å². The molecule has 4 atom stereocenters. The van der Waals surface area contributed by atoms with E-state index in [4.69, 9.17) is 10.5 Å². The van der Waals surface area contributed by atoms with Crippen molar-refractivity contribution in [2.75, 3.05) is 19.3 Å². The fourth-order valence-corrected chi connectivity index (χ4v) is 2.66. The van der Waals surface area contributed by atoms with Gasteiger partial charge in [0.1, 0.15) is 30.2 Å². The van der Waals surface area contributed by atoms with Crippen molar-refractivity contribution in [1.29, 1.82) is 0 Å². The first-order valence-corrected chi connectivity index (χ1v) is 7.55. The molecule has 1 saturated heterocycles. The van der Waals surface area contributed by atoms with Gasteiger partial charge in [0, 0.05) is 12.6 Å². The molecule has 23 heavy (non-hydrogen) atoms. The fourth-order valence-electron chi connectivity index (χ4n) is 2.66. The van der Waals surface area contributed by atoms with Crippen LogP contribution in [0.2, 0.25) is 0 Å². The molecule has 0 saturated carbocycles. The van der Waals surface area contributed by atoms with Crippen LogP contribution in [0.1, 0.15) is 20.1 Å². The van der Waals surface area contributed by atoms with Crippen molar-refractivity contribution in [3.05, 3.63) is 12.7 Å². The molecule has 3 heterocycles. The van der Waals surface area contributed by atoms with E-state index in [2.05, 4.69) is 33.7 Å². The molecule has 0 amide bonds. The van der Waals surface area contributed by atoms with Gasteiger partial charge in [-0.05, 0) is 20.9 Å². The summed E-state index contributed by atoms with van der Waals surface area (Å²) >= 11 is 0. The summed E-state index contributed by atoms with van der Waals surface area (Å²) in [6.45, 7) is 4.62. The van der Waals surface area contributed by atoms with Gasteiger partial charge in [-0.2, -0.15) is 0 Å². The molecule has 2 aromatic heterocycles. The standard InChI is InChI=1S/C14H22N6O3/c1-7(2)19(3)4-8-10(21)11(22)14(23-8)20-6-18-9-12(15)16-5-17-13(9)20/h5-8,10-11,14,21-22H,4H2,1-3H3,(H2,15,16,17). The molecule has 3 rings (SSSR count). The van der Waals surface area contributed by atoms with Gasteiger partial charge in [0.05, 0.1) is 6.33 Å². The largest absolute Gasteiger partial charge is 0.387 e. The Labute approximate surface area is 133 Å². The number of aromatic nitrogens is 4. The van der Waals surface area contributed by atoms with Crippen LogP contribution in [0.15, 0.2) is 12.7 Å². The van der Waals surface area contributed by atoms with Crippen molar-refractivity contribution < 1.29 is 14.9 Å². The molecule has 0 bridgehead atoms. The molecule has 9 heteroatoms. The van der Waals surface area contributed by atoms with E-state index >= 15 is 0 Å². The number of nitrogen functional groups attached to an aromatic ring is 1. The van der Waals surface area contributed by atoms with Gasteiger partial charge in [0.2, 0.25) is 0 Å². The average molecular weight is 322 g/mol. The summed E-state index contributed by atoms with van der Waals surface area (Å²) in [5.74, 6) is 0.262.